The van der Waals surface area contributed by atoms with Crippen LogP contribution in [0.4, 0.5) is 9.39 Å². The van der Waals surface area contributed by atoms with Gasteiger partial charge in [-0.3, -0.25) is 10.1 Å². The molecule has 0 bridgehead atoms. The summed E-state index contributed by atoms with van der Waals surface area (Å²) in [5, 5.41) is 13.3. The maximum absolute atomic E-state index is 12.9. The normalized spacial score (nSPS) is 10.8. The quantitative estimate of drug-likeness (QED) is 0.424. The number of thioether (sulfide) groups is 1. The largest absolute Gasteiger partial charge is 0.333 e. The maximum Gasteiger partial charge on any atom is 0.324 e. The van der Waals surface area contributed by atoms with E-state index in [9.17, 15) is 14.5 Å². The van der Waals surface area contributed by atoms with Crippen molar-refractivity contribution in [3.05, 3.63) is 63.4 Å². The average Bonchev–Trinajstić information content (AvgIpc) is 3.15. The zero-order chi connectivity index (χ0) is 15.5. The molecule has 0 radical (unpaired) electrons. The summed E-state index contributed by atoms with van der Waals surface area (Å²) >= 11 is 2.58. The molecule has 2 aromatic heterocycles. The SMILES string of the molecule is O=[N+]([O-])c1cc(CSc2ncc(-c3ccc(F)cc3)[nH]2)cs1. The van der Waals surface area contributed by atoms with E-state index in [1.54, 1.807) is 29.8 Å². The molecular weight excluding hydrogens is 325 g/mol. The van der Waals surface area contributed by atoms with Gasteiger partial charge in [-0.2, -0.15) is 0 Å². The molecule has 22 heavy (non-hydrogen) atoms. The molecule has 2 heterocycles. The third-order valence-electron chi connectivity index (χ3n) is 2.90. The highest BCUT2D eigenvalue weighted by Crippen LogP contribution is 2.28. The zero-order valence-corrected chi connectivity index (χ0v) is 12.8. The number of imidazole rings is 1. The number of aromatic nitrogens is 2. The molecule has 0 spiro atoms. The Kier molecular flexibility index (Phi) is 4.21. The molecule has 1 N–H and O–H groups in total. The first kappa shape index (κ1) is 14.7. The van der Waals surface area contributed by atoms with Gasteiger partial charge in [0.2, 0.25) is 0 Å². The molecule has 0 saturated carbocycles. The third-order valence-corrected chi connectivity index (χ3v) is 4.79. The Hall–Kier alpha value is -2.19. The van der Waals surface area contributed by atoms with Crippen LogP contribution < -0.4 is 0 Å². The summed E-state index contributed by atoms with van der Waals surface area (Å²) in [6, 6.07) is 7.72. The summed E-state index contributed by atoms with van der Waals surface area (Å²) in [5.41, 5.74) is 2.55. The molecule has 3 aromatic rings. The lowest BCUT2D eigenvalue weighted by Crippen LogP contribution is -1.83. The predicted octanol–water partition coefficient (Wildman–Crippen LogP) is 4.48. The van der Waals surface area contributed by atoms with Gasteiger partial charge in [-0.15, -0.1) is 0 Å². The van der Waals surface area contributed by atoms with Crippen molar-refractivity contribution in [2.75, 3.05) is 0 Å². The van der Waals surface area contributed by atoms with Crippen LogP contribution in [0, 0.1) is 15.9 Å². The number of nitro groups is 1. The monoisotopic (exact) mass is 335 g/mol. The third kappa shape index (κ3) is 3.34. The predicted molar refractivity (Wildman–Crippen MR) is 84.5 cm³/mol. The summed E-state index contributed by atoms with van der Waals surface area (Å²) in [4.78, 5) is 17.6. The molecule has 0 unspecified atom stereocenters. The van der Waals surface area contributed by atoms with Crippen molar-refractivity contribution in [3.63, 3.8) is 0 Å². The molecule has 1 aromatic carbocycles. The van der Waals surface area contributed by atoms with Gasteiger partial charge >= 0.3 is 5.00 Å². The van der Waals surface area contributed by atoms with Crippen LogP contribution in [0.2, 0.25) is 0 Å². The van der Waals surface area contributed by atoms with Crippen LogP contribution >= 0.6 is 23.1 Å². The Morgan fingerprint density at radius 3 is 2.82 bits per heavy atom. The van der Waals surface area contributed by atoms with Gasteiger partial charge in [0.25, 0.3) is 0 Å². The first-order chi connectivity index (χ1) is 10.6. The Labute approximate surface area is 133 Å². The van der Waals surface area contributed by atoms with E-state index >= 15 is 0 Å². The first-order valence-corrected chi connectivity index (χ1v) is 8.14. The van der Waals surface area contributed by atoms with Gasteiger partial charge in [-0.1, -0.05) is 23.1 Å². The van der Waals surface area contributed by atoms with E-state index < -0.39 is 4.92 Å². The molecule has 5 nitrogen and oxygen atoms in total. The fourth-order valence-electron chi connectivity index (χ4n) is 1.84. The minimum absolute atomic E-state index is 0.141. The lowest BCUT2D eigenvalue weighted by Gasteiger charge is -1.97. The second-order valence-corrected chi connectivity index (χ2v) is 6.30. The van der Waals surface area contributed by atoms with Gasteiger partial charge in [0.15, 0.2) is 5.16 Å². The van der Waals surface area contributed by atoms with Gasteiger partial charge in [0.05, 0.1) is 16.8 Å². The van der Waals surface area contributed by atoms with Crippen molar-refractivity contribution in [1.82, 2.24) is 9.97 Å². The molecule has 0 atom stereocenters. The minimum Gasteiger partial charge on any atom is -0.333 e. The zero-order valence-electron chi connectivity index (χ0n) is 11.2. The van der Waals surface area contributed by atoms with E-state index in [1.807, 2.05) is 0 Å². The Morgan fingerprint density at radius 1 is 1.36 bits per heavy atom. The molecule has 0 aliphatic carbocycles. The lowest BCUT2D eigenvalue weighted by atomic mass is 10.2. The molecule has 0 saturated heterocycles. The molecule has 112 valence electrons. The molecular formula is C14H10FN3O2S2. The molecule has 0 aliphatic rings. The van der Waals surface area contributed by atoms with Gasteiger partial charge < -0.3 is 4.98 Å². The van der Waals surface area contributed by atoms with E-state index in [0.29, 0.717) is 10.9 Å². The van der Waals surface area contributed by atoms with Crippen LogP contribution in [0.25, 0.3) is 11.3 Å². The number of nitrogens with zero attached hydrogens (tertiary/aromatic N) is 2. The van der Waals surface area contributed by atoms with Crippen molar-refractivity contribution < 1.29 is 9.31 Å². The Bertz CT molecular complexity index is 799. The van der Waals surface area contributed by atoms with Crippen LogP contribution in [0.15, 0.2) is 47.1 Å². The second kappa shape index (κ2) is 6.29. The number of rotatable bonds is 5. The highest BCUT2D eigenvalue weighted by molar-refractivity contribution is 7.98. The molecule has 0 aliphatic heterocycles. The summed E-state index contributed by atoms with van der Waals surface area (Å²) in [7, 11) is 0. The summed E-state index contributed by atoms with van der Waals surface area (Å²) < 4.78 is 12.9. The standard InChI is InChI=1S/C14H10FN3O2S2/c15-11-3-1-10(2-4-11)12-6-16-14(17-12)22-8-9-5-13(18(19)20)21-7-9/h1-7H,8H2,(H,16,17). The number of thiophene rings is 1. The Balaban J connectivity index is 1.66. The summed E-state index contributed by atoms with van der Waals surface area (Å²) in [5.74, 6) is 0.317. The van der Waals surface area contributed by atoms with E-state index in [2.05, 4.69) is 9.97 Å². The summed E-state index contributed by atoms with van der Waals surface area (Å²) in [6.45, 7) is 0. The average molecular weight is 335 g/mol. The van der Waals surface area contributed by atoms with E-state index in [1.165, 1.54) is 23.9 Å². The minimum atomic E-state index is -0.391. The highest BCUT2D eigenvalue weighted by Gasteiger charge is 2.10. The van der Waals surface area contributed by atoms with Crippen molar-refractivity contribution >= 4 is 28.1 Å². The Morgan fingerprint density at radius 2 is 2.14 bits per heavy atom. The van der Waals surface area contributed by atoms with E-state index in [0.717, 1.165) is 28.2 Å². The fraction of sp³-hybridized carbons (Fsp3) is 0.0714. The van der Waals surface area contributed by atoms with Crippen LogP contribution in [0.5, 0.6) is 0 Å². The van der Waals surface area contributed by atoms with Crippen LogP contribution in [-0.4, -0.2) is 14.9 Å². The smallest absolute Gasteiger partial charge is 0.324 e. The van der Waals surface area contributed by atoms with E-state index in [4.69, 9.17) is 0 Å². The number of aromatic amines is 1. The molecule has 3 rings (SSSR count). The van der Waals surface area contributed by atoms with Crippen LogP contribution in [0.1, 0.15) is 5.56 Å². The number of H-pyrrole nitrogens is 1. The maximum atomic E-state index is 12.9. The summed E-state index contributed by atoms with van der Waals surface area (Å²) in [6.07, 6.45) is 1.69. The number of halogens is 1. The van der Waals surface area contributed by atoms with Gasteiger partial charge in [0.1, 0.15) is 5.82 Å². The molecule has 0 fully saturated rings. The second-order valence-electron chi connectivity index (χ2n) is 4.45. The van der Waals surface area contributed by atoms with Crippen LogP contribution in [-0.2, 0) is 5.75 Å². The highest BCUT2D eigenvalue weighted by atomic mass is 32.2. The number of nitrogens with one attached hydrogen (secondary N) is 1. The molecule has 8 heteroatoms. The van der Waals surface area contributed by atoms with Crippen molar-refractivity contribution in [2.45, 2.75) is 10.9 Å². The van der Waals surface area contributed by atoms with Gasteiger partial charge in [-0.25, -0.2) is 9.37 Å². The van der Waals surface area contributed by atoms with E-state index in [-0.39, 0.29) is 10.8 Å². The fourth-order valence-corrected chi connectivity index (χ4v) is 3.45. The number of hydrogen-bond acceptors (Lipinski definition) is 5. The lowest BCUT2D eigenvalue weighted by molar-refractivity contribution is -0.380. The van der Waals surface area contributed by atoms with Crippen molar-refractivity contribution in [2.24, 2.45) is 0 Å². The topological polar surface area (TPSA) is 71.8 Å². The van der Waals surface area contributed by atoms with Gasteiger partial charge in [-0.05, 0) is 35.4 Å². The van der Waals surface area contributed by atoms with Crippen LogP contribution in [0.3, 0.4) is 0 Å². The number of benzene rings is 1. The number of hydrogen-bond donors (Lipinski definition) is 1. The van der Waals surface area contributed by atoms with Gasteiger partial charge in [0, 0.05) is 17.2 Å². The molecule has 0 amide bonds. The van der Waals surface area contributed by atoms with Crippen molar-refractivity contribution in [3.8, 4) is 11.3 Å². The first-order valence-electron chi connectivity index (χ1n) is 6.27. The van der Waals surface area contributed by atoms with Crippen molar-refractivity contribution in [1.29, 1.82) is 0 Å².